The first-order chi connectivity index (χ1) is 8.78. The van der Waals surface area contributed by atoms with Crippen LogP contribution in [-0.4, -0.2) is 44.2 Å². The molecule has 0 bridgehead atoms. The first kappa shape index (κ1) is 11.7. The van der Waals surface area contributed by atoms with Crippen LogP contribution in [-0.2, 0) is 0 Å². The molecular weight excluding hydrogens is 226 g/mol. The molecule has 2 N–H and O–H groups in total. The van der Waals surface area contributed by atoms with Crippen LogP contribution in [0.1, 0.15) is 12.8 Å². The van der Waals surface area contributed by atoms with Gasteiger partial charge in [-0.2, -0.15) is 0 Å². The number of ether oxygens (including phenoxy) is 1. The fourth-order valence-electron chi connectivity index (χ4n) is 2.68. The van der Waals surface area contributed by atoms with Crippen LogP contribution in [0.4, 0.5) is 11.4 Å². The number of nitrogens with zero attached hydrogens (tertiary/aromatic N) is 2. The molecule has 1 aromatic carbocycles. The van der Waals surface area contributed by atoms with E-state index >= 15 is 0 Å². The Hall–Kier alpha value is -1.42. The van der Waals surface area contributed by atoms with Crippen LogP contribution in [0.3, 0.4) is 0 Å². The first-order valence-corrected chi connectivity index (χ1v) is 6.70. The molecule has 1 saturated carbocycles. The maximum atomic E-state index is 5.85. The van der Waals surface area contributed by atoms with Crippen molar-refractivity contribution in [2.24, 2.45) is 0 Å². The minimum atomic E-state index is 0.706. The fraction of sp³-hybridized carbons (Fsp3) is 0.571. The normalized spacial score (nSPS) is 21.1. The average molecular weight is 247 g/mol. The van der Waals surface area contributed by atoms with Gasteiger partial charge in [-0.05, 0) is 25.0 Å². The topological polar surface area (TPSA) is 41.7 Å². The number of piperazine rings is 1. The molecule has 4 heteroatoms. The van der Waals surface area contributed by atoms with Crippen molar-refractivity contribution in [1.82, 2.24) is 4.90 Å². The van der Waals surface area contributed by atoms with Gasteiger partial charge in [0.2, 0.25) is 0 Å². The predicted octanol–water partition coefficient (Wildman–Crippen LogP) is 1.56. The highest BCUT2D eigenvalue weighted by Gasteiger charge is 2.31. The molecule has 1 aromatic rings. The third-order valence-corrected chi connectivity index (χ3v) is 3.96. The summed E-state index contributed by atoms with van der Waals surface area (Å²) < 4.78 is 5.28. The molecule has 1 saturated heterocycles. The predicted molar refractivity (Wildman–Crippen MR) is 74.2 cm³/mol. The van der Waals surface area contributed by atoms with E-state index in [1.165, 1.54) is 31.6 Å². The number of hydrogen-bond donors (Lipinski definition) is 1. The van der Waals surface area contributed by atoms with Gasteiger partial charge >= 0.3 is 0 Å². The van der Waals surface area contributed by atoms with Gasteiger partial charge in [-0.1, -0.05) is 0 Å². The molecule has 98 valence electrons. The number of hydrogen-bond acceptors (Lipinski definition) is 4. The van der Waals surface area contributed by atoms with Crippen molar-refractivity contribution < 1.29 is 4.74 Å². The number of nitrogens with two attached hydrogens (primary N) is 1. The maximum Gasteiger partial charge on any atom is 0.143 e. The van der Waals surface area contributed by atoms with Gasteiger partial charge in [-0.25, -0.2) is 0 Å². The third kappa shape index (κ3) is 2.25. The monoisotopic (exact) mass is 247 g/mol. The van der Waals surface area contributed by atoms with E-state index in [0.29, 0.717) is 5.69 Å². The van der Waals surface area contributed by atoms with E-state index in [-0.39, 0.29) is 0 Å². The molecular formula is C14H21N3O. The Morgan fingerprint density at radius 3 is 2.50 bits per heavy atom. The van der Waals surface area contributed by atoms with Crippen LogP contribution in [0.2, 0.25) is 0 Å². The molecule has 0 aromatic heterocycles. The van der Waals surface area contributed by atoms with Crippen LogP contribution in [0.25, 0.3) is 0 Å². The van der Waals surface area contributed by atoms with E-state index in [1.54, 1.807) is 7.11 Å². The minimum Gasteiger partial charge on any atom is -0.495 e. The molecule has 1 aliphatic heterocycles. The van der Waals surface area contributed by atoms with Gasteiger partial charge in [0.15, 0.2) is 0 Å². The third-order valence-electron chi connectivity index (χ3n) is 3.96. The molecule has 1 aliphatic carbocycles. The maximum absolute atomic E-state index is 5.85. The molecule has 18 heavy (non-hydrogen) atoms. The van der Waals surface area contributed by atoms with E-state index in [9.17, 15) is 0 Å². The Balaban J connectivity index is 1.67. The molecule has 0 spiro atoms. The van der Waals surface area contributed by atoms with Crippen LogP contribution in [0.5, 0.6) is 5.75 Å². The molecule has 3 rings (SSSR count). The standard InChI is InChI=1S/C14H21N3O/c1-18-14-10-12(4-5-13(14)15)17-8-6-16(7-9-17)11-2-3-11/h4-5,10-11H,2-3,6-9,15H2,1H3. The van der Waals surface area contributed by atoms with Crippen molar-refractivity contribution in [3.8, 4) is 5.75 Å². The highest BCUT2D eigenvalue weighted by atomic mass is 16.5. The van der Waals surface area contributed by atoms with Crippen molar-refractivity contribution in [3.05, 3.63) is 18.2 Å². The lowest BCUT2D eigenvalue weighted by atomic mass is 10.2. The van der Waals surface area contributed by atoms with Gasteiger partial charge in [0.25, 0.3) is 0 Å². The van der Waals surface area contributed by atoms with Crippen molar-refractivity contribution in [3.63, 3.8) is 0 Å². The van der Waals surface area contributed by atoms with Gasteiger partial charge in [-0.3, -0.25) is 4.90 Å². The van der Waals surface area contributed by atoms with Crippen LogP contribution < -0.4 is 15.4 Å². The van der Waals surface area contributed by atoms with Crippen LogP contribution in [0, 0.1) is 0 Å². The Bertz CT molecular complexity index is 423. The first-order valence-electron chi connectivity index (χ1n) is 6.70. The summed E-state index contributed by atoms with van der Waals surface area (Å²) in [6, 6.07) is 6.95. The Morgan fingerprint density at radius 2 is 1.89 bits per heavy atom. The summed E-state index contributed by atoms with van der Waals surface area (Å²) in [5.41, 5.74) is 7.77. The summed E-state index contributed by atoms with van der Waals surface area (Å²) in [7, 11) is 1.67. The zero-order valence-electron chi connectivity index (χ0n) is 10.9. The van der Waals surface area contributed by atoms with Gasteiger partial charge in [0, 0.05) is 44.0 Å². The van der Waals surface area contributed by atoms with E-state index in [0.717, 1.165) is 24.9 Å². The largest absolute Gasteiger partial charge is 0.495 e. The SMILES string of the molecule is COc1cc(N2CCN(C3CC3)CC2)ccc1N. The summed E-state index contributed by atoms with van der Waals surface area (Å²) in [6.07, 6.45) is 2.80. The van der Waals surface area contributed by atoms with Gasteiger partial charge in [-0.15, -0.1) is 0 Å². The Kier molecular flexibility index (Phi) is 3.04. The van der Waals surface area contributed by atoms with Crippen molar-refractivity contribution >= 4 is 11.4 Å². The molecule has 0 amide bonds. The zero-order chi connectivity index (χ0) is 12.5. The molecule has 4 nitrogen and oxygen atoms in total. The highest BCUT2D eigenvalue weighted by Crippen LogP contribution is 2.30. The molecule has 0 unspecified atom stereocenters. The van der Waals surface area contributed by atoms with Gasteiger partial charge < -0.3 is 15.4 Å². The van der Waals surface area contributed by atoms with Gasteiger partial charge in [0.05, 0.1) is 12.8 Å². The number of anilines is 2. The highest BCUT2D eigenvalue weighted by molar-refractivity contribution is 5.62. The lowest BCUT2D eigenvalue weighted by Gasteiger charge is -2.36. The van der Waals surface area contributed by atoms with Crippen molar-refractivity contribution in [1.29, 1.82) is 0 Å². The van der Waals surface area contributed by atoms with Crippen LogP contribution in [0.15, 0.2) is 18.2 Å². The van der Waals surface area contributed by atoms with E-state index < -0.39 is 0 Å². The summed E-state index contributed by atoms with van der Waals surface area (Å²) in [6.45, 7) is 4.56. The second kappa shape index (κ2) is 4.69. The Labute approximate surface area is 108 Å². The molecule has 2 fully saturated rings. The lowest BCUT2D eigenvalue weighted by molar-refractivity contribution is 0.248. The summed E-state index contributed by atoms with van der Waals surface area (Å²) in [4.78, 5) is 5.03. The fourth-order valence-corrected chi connectivity index (χ4v) is 2.68. The smallest absolute Gasteiger partial charge is 0.143 e. The average Bonchev–Trinajstić information content (AvgIpc) is 3.24. The van der Waals surface area contributed by atoms with Crippen LogP contribution >= 0.6 is 0 Å². The number of rotatable bonds is 3. The zero-order valence-corrected chi connectivity index (χ0v) is 10.9. The molecule has 2 aliphatic rings. The van der Waals surface area contributed by atoms with Crippen molar-refractivity contribution in [2.75, 3.05) is 43.9 Å². The van der Waals surface area contributed by atoms with Gasteiger partial charge in [0.1, 0.15) is 5.75 Å². The van der Waals surface area contributed by atoms with Crippen molar-refractivity contribution in [2.45, 2.75) is 18.9 Å². The second-order valence-corrected chi connectivity index (χ2v) is 5.18. The molecule has 0 radical (unpaired) electrons. The number of nitrogen functional groups attached to an aromatic ring is 1. The lowest BCUT2D eigenvalue weighted by Crippen LogP contribution is -2.47. The molecule has 1 heterocycles. The number of benzene rings is 1. The summed E-state index contributed by atoms with van der Waals surface area (Å²) >= 11 is 0. The van der Waals surface area contributed by atoms with E-state index in [1.807, 2.05) is 12.1 Å². The number of methoxy groups -OCH3 is 1. The van der Waals surface area contributed by atoms with E-state index in [4.69, 9.17) is 10.5 Å². The Morgan fingerprint density at radius 1 is 1.17 bits per heavy atom. The second-order valence-electron chi connectivity index (χ2n) is 5.18. The van der Waals surface area contributed by atoms with E-state index in [2.05, 4.69) is 15.9 Å². The quantitative estimate of drug-likeness (QED) is 0.823. The summed E-state index contributed by atoms with van der Waals surface area (Å²) in [5.74, 6) is 0.775. The molecule has 0 atom stereocenters. The minimum absolute atomic E-state index is 0.706. The summed E-state index contributed by atoms with van der Waals surface area (Å²) in [5, 5.41) is 0.